The van der Waals surface area contributed by atoms with Gasteiger partial charge in [-0.15, -0.1) is 21.5 Å². The number of hydrogen-bond acceptors (Lipinski definition) is 18. The van der Waals surface area contributed by atoms with Crippen LogP contribution in [0.3, 0.4) is 0 Å². The molecule has 3 unspecified atom stereocenters. The lowest BCUT2D eigenvalue weighted by molar-refractivity contribution is -0.141. The lowest BCUT2D eigenvalue weighted by atomic mass is 9.91. The monoisotopic (exact) mass is 1080 g/mol. The van der Waals surface area contributed by atoms with E-state index >= 15 is 0 Å². The van der Waals surface area contributed by atoms with E-state index in [1.54, 1.807) is 35.7 Å². The van der Waals surface area contributed by atoms with Crippen LogP contribution in [0.25, 0.3) is 21.7 Å². The van der Waals surface area contributed by atoms with E-state index in [-0.39, 0.29) is 73.2 Å². The number of amides is 2. The van der Waals surface area contributed by atoms with Crippen LogP contribution in [0.4, 0.5) is 17.2 Å². The molecule has 1 saturated carbocycles. The molecule has 2 amide bonds. The minimum atomic E-state index is -0.828. The second kappa shape index (κ2) is 23.0. The lowest BCUT2D eigenvalue weighted by Crippen LogP contribution is -2.57. The summed E-state index contributed by atoms with van der Waals surface area (Å²) in [4.78, 5) is 48.6. The third kappa shape index (κ3) is 11.5. The molecule has 20 heteroatoms. The molecule has 5 aromatic heterocycles. The lowest BCUT2D eigenvalue weighted by Gasteiger charge is -2.46. The van der Waals surface area contributed by atoms with Crippen molar-refractivity contribution in [3.8, 4) is 45.0 Å². The molecule has 1 aliphatic carbocycles. The van der Waals surface area contributed by atoms with Crippen molar-refractivity contribution in [2.75, 3.05) is 41.8 Å². The second-order valence-corrected chi connectivity index (χ2v) is 22.0. The van der Waals surface area contributed by atoms with Gasteiger partial charge in [0.2, 0.25) is 17.7 Å². The molecule has 12 rings (SSSR count). The van der Waals surface area contributed by atoms with Crippen LogP contribution >= 0.6 is 11.3 Å². The highest BCUT2D eigenvalue weighted by atomic mass is 32.1. The molecule has 2 aromatic carbocycles. The van der Waals surface area contributed by atoms with Crippen LogP contribution in [0.5, 0.6) is 23.3 Å². The maximum absolute atomic E-state index is 14.1. The van der Waals surface area contributed by atoms with Crippen molar-refractivity contribution in [2.45, 2.75) is 121 Å². The fraction of sp³-hybridized carbons (Fsp3) is 0.414. The quantitative estimate of drug-likeness (QED) is 0.0563. The van der Waals surface area contributed by atoms with E-state index in [1.807, 2.05) is 87.1 Å². The third-order valence-corrected chi connectivity index (χ3v) is 16.4. The second-order valence-electron chi connectivity index (χ2n) is 21.2. The van der Waals surface area contributed by atoms with Gasteiger partial charge in [0.25, 0.3) is 5.88 Å². The first kappa shape index (κ1) is 52.2. The Bertz CT molecular complexity index is 3200. The summed E-state index contributed by atoms with van der Waals surface area (Å²) in [5, 5.41) is 36.9. The fourth-order valence-electron chi connectivity index (χ4n) is 11.2. The van der Waals surface area contributed by atoms with Crippen molar-refractivity contribution in [1.82, 2.24) is 40.5 Å². The topological polar surface area (TPSA) is 241 Å². The number of nitrogen functional groups attached to an aromatic ring is 1. The number of anilines is 3. The SMILES string of the molecule is Cc1ncsc1-c1ccc(CNC(=O)[C@@H]2C[C@@H](O)CN2C(=O)C(c2cc(OCCCc3ccc(OC4CC(Oc5cc(N6CC7CCCC6CN7c6cc(-c7ccccc7O)nnc6N)ccn5)C4)cn3)no2)C(C)C)cc1. The highest BCUT2D eigenvalue weighted by molar-refractivity contribution is 7.13. The molecule has 5 N–H and O–H groups in total. The molecule has 406 valence electrons. The van der Waals surface area contributed by atoms with E-state index in [2.05, 4.69) is 57.6 Å². The zero-order chi connectivity index (χ0) is 53.9. The standard InChI is InChI=1S/C58H65N11O8S/c1-34(2)54(58(73)69-32-42(70)23-49(69)57(72)62-28-36-13-15-37(16-14-36)55-35(3)63-33-78-55)51-27-53(66-77-51)74-21-7-8-38-17-18-43(29-61-38)75-44-24-45(25-44)76-52-22-39(19-20-60-52)67-30-41-10-6-9-40(67)31-68(41)48-26-47(64-65-56(48)59)46-11-4-5-12-50(46)71/h4-5,11-20,22,26-27,29,33-34,40-42,44-45,49,54,70-71H,6-10,21,23-25,28,30-32H2,1-3H3,(H2,59,65)(H,62,72)/t40?,41?,42-,44?,45?,49+,54?/m1/s1. The molecule has 9 heterocycles. The molecular weight excluding hydrogens is 1010 g/mol. The number of aliphatic hydroxyl groups is 1. The molecule has 5 fully saturated rings. The maximum Gasteiger partial charge on any atom is 0.254 e. The van der Waals surface area contributed by atoms with E-state index in [9.17, 15) is 19.8 Å². The summed E-state index contributed by atoms with van der Waals surface area (Å²) in [7, 11) is 0. The van der Waals surface area contributed by atoms with Gasteiger partial charge in [-0.2, -0.15) is 0 Å². The number of nitrogens with two attached hydrogens (primary N) is 1. The van der Waals surface area contributed by atoms with Crippen LogP contribution < -0.4 is 35.1 Å². The van der Waals surface area contributed by atoms with Crippen LogP contribution in [0.2, 0.25) is 0 Å². The number of nitrogens with zero attached hydrogens (tertiary/aromatic N) is 9. The van der Waals surface area contributed by atoms with Gasteiger partial charge in [0, 0.05) is 92.8 Å². The van der Waals surface area contributed by atoms with Crippen LogP contribution in [-0.2, 0) is 22.6 Å². The van der Waals surface area contributed by atoms with E-state index in [0.29, 0.717) is 53.9 Å². The maximum atomic E-state index is 14.1. The van der Waals surface area contributed by atoms with Gasteiger partial charge in [-0.25, -0.2) is 9.97 Å². The highest BCUT2D eigenvalue weighted by Gasteiger charge is 2.44. The predicted molar refractivity (Wildman–Crippen MR) is 294 cm³/mol. The van der Waals surface area contributed by atoms with Gasteiger partial charge in [-0.3, -0.25) is 14.6 Å². The number of fused-ring (bicyclic) bond motifs is 4. The molecule has 4 aliphatic heterocycles. The minimum absolute atomic E-state index is 0.00746. The van der Waals surface area contributed by atoms with Gasteiger partial charge in [0.05, 0.1) is 46.4 Å². The van der Waals surface area contributed by atoms with Crippen molar-refractivity contribution in [1.29, 1.82) is 0 Å². The van der Waals surface area contributed by atoms with Gasteiger partial charge in [0.1, 0.15) is 35.7 Å². The number of pyridine rings is 2. The largest absolute Gasteiger partial charge is 0.507 e. The number of aliphatic hydroxyl groups excluding tert-OH is 1. The molecule has 78 heavy (non-hydrogen) atoms. The average Bonchev–Trinajstić information content (AvgIpc) is 4.19. The number of para-hydroxylation sites is 1. The Morgan fingerprint density at radius 2 is 1.68 bits per heavy atom. The highest BCUT2D eigenvalue weighted by Crippen LogP contribution is 2.40. The molecule has 4 saturated heterocycles. The number of carbonyl (C=O) groups excluding carboxylic acids is 2. The van der Waals surface area contributed by atoms with E-state index in [1.165, 1.54) is 4.90 Å². The number of aromatic hydroxyl groups is 1. The number of aromatic nitrogens is 6. The molecule has 0 spiro atoms. The Balaban J connectivity index is 0.611. The van der Waals surface area contributed by atoms with Crippen LogP contribution in [-0.4, -0.2) is 120 Å². The van der Waals surface area contributed by atoms with Crippen LogP contribution in [0, 0.1) is 12.8 Å². The van der Waals surface area contributed by atoms with Crippen LogP contribution in [0.15, 0.2) is 107 Å². The molecule has 5 aliphatic rings. The zero-order valence-electron chi connectivity index (χ0n) is 44.0. The number of carbonyl (C=O) groups is 2. The molecule has 7 aromatic rings. The number of phenols is 1. The molecule has 19 nitrogen and oxygen atoms in total. The number of thiazole rings is 1. The normalized spacial score (nSPS) is 21.3. The number of nitrogens with one attached hydrogen (secondary N) is 1. The summed E-state index contributed by atoms with van der Waals surface area (Å²) in [6, 6.07) is 26.3. The van der Waals surface area contributed by atoms with Crippen molar-refractivity contribution in [3.63, 3.8) is 0 Å². The Labute approximate surface area is 456 Å². The molecule has 5 atom stereocenters. The van der Waals surface area contributed by atoms with E-state index in [0.717, 1.165) is 84.0 Å². The molecule has 2 bridgehead atoms. The predicted octanol–water partition coefficient (Wildman–Crippen LogP) is 7.91. The average molecular weight is 1080 g/mol. The number of phenolic OH excluding ortho intramolecular Hbond substituents is 1. The summed E-state index contributed by atoms with van der Waals surface area (Å²) >= 11 is 1.59. The first-order valence-corrected chi connectivity index (χ1v) is 27.8. The van der Waals surface area contributed by atoms with Gasteiger partial charge in [0.15, 0.2) is 11.6 Å². The van der Waals surface area contributed by atoms with Crippen molar-refractivity contribution in [2.24, 2.45) is 5.92 Å². The number of rotatable bonds is 19. The van der Waals surface area contributed by atoms with E-state index < -0.39 is 18.1 Å². The number of likely N-dealkylation sites (tertiary alicyclic amines) is 1. The Morgan fingerprint density at radius 1 is 0.885 bits per heavy atom. The van der Waals surface area contributed by atoms with Crippen molar-refractivity contribution < 1.29 is 38.5 Å². The summed E-state index contributed by atoms with van der Waals surface area (Å²) in [5.41, 5.74) is 15.3. The number of benzene rings is 2. The zero-order valence-corrected chi connectivity index (χ0v) is 44.8. The number of β-amino-alcohol motifs (C(OH)–C–C–N with tert-alkyl or cyclic N) is 1. The van der Waals surface area contributed by atoms with Gasteiger partial charge in [-0.05, 0) is 97.6 Å². The van der Waals surface area contributed by atoms with Crippen molar-refractivity contribution >= 4 is 40.3 Å². The Kier molecular flexibility index (Phi) is 15.4. The van der Waals surface area contributed by atoms with Crippen molar-refractivity contribution in [3.05, 3.63) is 126 Å². The first-order valence-electron chi connectivity index (χ1n) is 26.9. The summed E-state index contributed by atoms with van der Waals surface area (Å²) in [6.07, 6.45) is 8.86. The molecule has 0 radical (unpaired) electrons. The summed E-state index contributed by atoms with van der Waals surface area (Å²) in [6.45, 7) is 8.09. The van der Waals surface area contributed by atoms with Gasteiger partial charge < -0.3 is 54.7 Å². The van der Waals surface area contributed by atoms with Gasteiger partial charge in [-0.1, -0.05) is 50.2 Å². The third-order valence-electron chi connectivity index (χ3n) is 15.4. The number of piperazine rings is 1. The van der Waals surface area contributed by atoms with Crippen LogP contribution in [0.1, 0.15) is 87.4 Å². The Hall–Kier alpha value is -7.84. The number of ether oxygens (including phenoxy) is 3. The minimum Gasteiger partial charge on any atom is -0.507 e. The van der Waals surface area contributed by atoms with E-state index in [4.69, 9.17) is 24.5 Å². The first-order chi connectivity index (χ1) is 37.9. The summed E-state index contributed by atoms with van der Waals surface area (Å²) < 4.78 is 24.3. The summed E-state index contributed by atoms with van der Waals surface area (Å²) in [5.74, 6) is 0.894. The Morgan fingerprint density at radius 3 is 2.45 bits per heavy atom. The molecular formula is C58H65N11O8S. The number of hydrogen-bond donors (Lipinski definition) is 4. The van der Waals surface area contributed by atoms with Gasteiger partial charge >= 0.3 is 0 Å². The fourth-order valence-corrected chi connectivity index (χ4v) is 12.0. The smallest absolute Gasteiger partial charge is 0.254 e. The number of aryl methyl sites for hydroxylation is 2.